The number of hydrogen-bond acceptors (Lipinski definition) is 4. The summed E-state index contributed by atoms with van der Waals surface area (Å²) in [5.74, 6) is 0.0686. The molecule has 0 aliphatic carbocycles. The van der Waals surface area contributed by atoms with Gasteiger partial charge in [-0.3, -0.25) is 9.69 Å². The van der Waals surface area contributed by atoms with Gasteiger partial charge in [0.25, 0.3) is 5.91 Å². The highest BCUT2D eigenvalue weighted by atomic mass is 35.5. The Labute approximate surface area is 168 Å². The Kier molecular flexibility index (Phi) is 6.23. The predicted molar refractivity (Wildman–Crippen MR) is 110 cm³/mol. The molecular formula is C19H23Cl2N3OS. The fraction of sp³-hybridized carbons (Fsp3) is 0.474. The first kappa shape index (κ1) is 19.6. The van der Waals surface area contributed by atoms with E-state index < -0.39 is 0 Å². The summed E-state index contributed by atoms with van der Waals surface area (Å²) in [5.41, 5.74) is 1.52. The lowest BCUT2D eigenvalue weighted by Crippen LogP contribution is -2.38. The van der Waals surface area contributed by atoms with Crippen LogP contribution in [0.15, 0.2) is 18.2 Å². The number of hydrogen-bond donors (Lipinski definition) is 0. The average Bonchev–Trinajstić information content (AvgIpc) is 3.25. The maximum absolute atomic E-state index is 13.0. The van der Waals surface area contributed by atoms with Gasteiger partial charge in [-0.05, 0) is 32.5 Å². The van der Waals surface area contributed by atoms with Gasteiger partial charge in [0.1, 0.15) is 9.88 Å². The van der Waals surface area contributed by atoms with E-state index in [-0.39, 0.29) is 5.91 Å². The topological polar surface area (TPSA) is 36.4 Å². The van der Waals surface area contributed by atoms with E-state index in [1.54, 1.807) is 6.07 Å². The number of benzene rings is 1. The van der Waals surface area contributed by atoms with Crippen molar-refractivity contribution in [1.82, 2.24) is 14.8 Å². The summed E-state index contributed by atoms with van der Waals surface area (Å²) >= 11 is 13.8. The molecule has 1 fully saturated rings. The minimum atomic E-state index is 0.0686. The number of aromatic nitrogens is 1. The SMILES string of the molecule is CCN(CC)C1CCN(C(=O)c2sc(-c3cccc(Cl)c3Cl)nc2C)C1. The summed E-state index contributed by atoms with van der Waals surface area (Å²) in [5, 5.41) is 1.70. The zero-order chi connectivity index (χ0) is 18.8. The first-order chi connectivity index (χ1) is 12.5. The minimum absolute atomic E-state index is 0.0686. The smallest absolute Gasteiger partial charge is 0.265 e. The van der Waals surface area contributed by atoms with Crippen molar-refractivity contribution in [3.05, 3.63) is 38.8 Å². The van der Waals surface area contributed by atoms with E-state index in [1.165, 1.54) is 11.3 Å². The lowest BCUT2D eigenvalue weighted by Gasteiger charge is -2.26. The second kappa shape index (κ2) is 8.26. The molecular weight excluding hydrogens is 389 g/mol. The van der Waals surface area contributed by atoms with Crippen LogP contribution in [0.1, 0.15) is 35.6 Å². The monoisotopic (exact) mass is 411 g/mol. The van der Waals surface area contributed by atoms with E-state index in [0.29, 0.717) is 21.0 Å². The van der Waals surface area contributed by atoms with Gasteiger partial charge in [0.15, 0.2) is 0 Å². The Hall–Kier alpha value is -1.14. The number of carbonyl (C=O) groups excluding carboxylic acids is 1. The number of likely N-dealkylation sites (N-methyl/N-ethyl adjacent to an activating group) is 1. The number of halogens is 2. The van der Waals surface area contributed by atoms with Crippen LogP contribution in [0.5, 0.6) is 0 Å². The Balaban J connectivity index is 1.81. The Morgan fingerprint density at radius 3 is 2.77 bits per heavy atom. The van der Waals surface area contributed by atoms with Crippen molar-refractivity contribution in [2.24, 2.45) is 0 Å². The fourth-order valence-corrected chi connectivity index (χ4v) is 5.00. The number of thiazole rings is 1. The molecule has 1 aromatic carbocycles. The van der Waals surface area contributed by atoms with Crippen molar-refractivity contribution in [3.8, 4) is 10.6 Å². The predicted octanol–water partition coefficient (Wildman–Crippen LogP) is 4.98. The Morgan fingerprint density at radius 2 is 2.08 bits per heavy atom. The summed E-state index contributed by atoms with van der Waals surface area (Å²) < 4.78 is 0. The molecule has 0 saturated carbocycles. The summed E-state index contributed by atoms with van der Waals surface area (Å²) in [6.45, 7) is 9.82. The molecule has 2 aromatic rings. The molecule has 0 radical (unpaired) electrons. The molecule has 1 unspecified atom stereocenters. The molecule has 1 aromatic heterocycles. The Bertz CT molecular complexity index is 804. The first-order valence-corrected chi connectivity index (χ1v) is 10.5. The van der Waals surface area contributed by atoms with Crippen molar-refractivity contribution >= 4 is 40.4 Å². The van der Waals surface area contributed by atoms with Crippen LogP contribution in [0, 0.1) is 6.92 Å². The standard InChI is InChI=1S/C19H23Cl2N3OS/c1-4-23(5-2)13-9-10-24(11-13)19(25)17-12(3)22-18(26-17)14-7-6-8-15(20)16(14)21/h6-8,13H,4-5,9-11H2,1-3H3. The van der Waals surface area contributed by atoms with Gasteiger partial charge in [-0.2, -0.15) is 0 Å². The van der Waals surface area contributed by atoms with Crippen molar-refractivity contribution < 1.29 is 4.79 Å². The number of rotatable bonds is 5. The molecule has 2 heterocycles. The average molecular weight is 412 g/mol. The van der Waals surface area contributed by atoms with E-state index in [4.69, 9.17) is 23.2 Å². The second-order valence-corrected chi connectivity index (χ2v) is 8.23. The van der Waals surface area contributed by atoms with Crippen LogP contribution in [0.25, 0.3) is 10.6 Å². The van der Waals surface area contributed by atoms with Crippen LogP contribution < -0.4 is 0 Å². The summed E-state index contributed by atoms with van der Waals surface area (Å²) in [6.07, 6.45) is 1.03. The van der Waals surface area contributed by atoms with Gasteiger partial charge in [0, 0.05) is 24.7 Å². The van der Waals surface area contributed by atoms with Crippen LogP contribution in [-0.2, 0) is 0 Å². The molecule has 1 saturated heterocycles. The molecule has 1 atom stereocenters. The van der Waals surface area contributed by atoms with Crippen molar-refractivity contribution in [2.75, 3.05) is 26.2 Å². The van der Waals surface area contributed by atoms with Gasteiger partial charge in [-0.1, -0.05) is 49.2 Å². The van der Waals surface area contributed by atoms with E-state index in [1.807, 2.05) is 24.0 Å². The van der Waals surface area contributed by atoms with Gasteiger partial charge in [0.2, 0.25) is 0 Å². The molecule has 4 nitrogen and oxygen atoms in total. The lowest BCUT2D eigenvalue weighted by molar-refractivity contribution is 0.0782. The molecule has 0 bridgehead atoms. The molecule has 0 spiro atoms. The summed E-state index contributed by atoms with van der Waals surface area (Å²) in [6, 6.07) is 5.92. The maximum atomic E-state index is 13.0. The van der Waals surface area contributed by atoms with Crippen LogP contribution in [0.3, 0.4) is 0 Å². The van der Waals surface area contributed by atoms with Gasteiger partial charge in [-0.25, -0.2) is 4.98 Å². The maximum Gasteiger partial charge on any atom is 0.265 e. The third kappa shape index (κ3) is 3.77. The van der Waals surface area contributed by atoms with Crippen molar-refractivity contribution in [1.29, 1.82) is 0 Å². The van der Waals surface area contributed by atoms with E-state index in [9.17, 15) is 4.79 Å². The molecule has 3 rings (SSSR count). The first-order valence-electron chi connectivity index (χ1n) is 8.91. The number of amides is 1. The van der Waals surface area contributed by atoms with Crippen LogP contribution in [0.2, 0.25) is 10.0 Å². The quantitative estimate of drug-likeness (QED) is 0.695. The van der Waals surface area contributed by atoms with Crippen molar-refractivity contribution in [3.63, 3.8) is 0 Å². The molecule has 26 heavy (non-hydrogen) atoms. The number of carbonyl (C=O) groups is 1. The zero-order valence-electron chi connectivity index (χ0n) is 15.3. The highest BCUT2D eigenvalue weighted by Gasteiger charge is 2.31. The fourth-order valence-electron chi connectivity index (χ4n) is 3.49. The molecule has 140 valence electrons. The molecule has 7 heteroatoms. The summed E-state index contributed by atoms with van der Waals surface area (Å²) in [7, 11) is 0. The van der Waals surface area contributed by atoms with E-state index >= 15 is 0 Å². The van der Waals surface area contributed by atoms with Crippen LogP contribution in [-0.4, -0.2) is 52.9 Å². The third-order valence-electron chi connectivity index (χ3n) is 4.95. The Morgan fingerprint density at radius 1 is 1.35 bits per heavy atom. The zero-order valence-corrected chi connectivity index (χ0v) is 17.6. The minimum Gasteiger partial charge on any atom is -0.336 e. The van der Waals surface area contributed by atoms with E-state index in [0.717, 1.165) is 48.9 Å². The van der Waals surface area contributed by atoms with Gasteiger partial charge in [-0.15, -0.1) is 11.3 Å². The summed E-state index contributed by atoms with van der Waals surface area (Å²) in [4.78, 5) is 22.7. The number of aryl methyl sites for hydroxylation is 1. The molecule has 1 aliphatic rings. The largest absolute Gasteiger partial charge is 0.336 e. The highest BCUT2D eigenvalue weighted by molar-refractivity contribution is 7.17. The highest BCUT2D eigenvalue weighted by Crippen LogP contribution is 2.37. The van der Waals surface area contributed by atoms with Gasteiger partial charge >= 0.3 is 0 Å². The van der Waals surface area contributed by atoms with Gasteiger partial charge < -0.3 is 4.90 Å². The van der Waals surface area contributed by atoms with Crippen LogP contribution in [0.4, 0.5) is 0 Å². The number of nitrogens with zero attached hydrogens (tertiary/aromatic N) is 3. The lowest BCUT2D eigenvalue weighted by atomic mass is 10.2. The molecule has 0 N–H and O–H groups in total. The third-order valence-corrected chi connectivity index (χ3v) is 6.95. The van der Waals surface area contributed by atoms with Crippen molar-refractivity contribution in [2.45, 2.75) is 33.2 Å². The normalized spacial score (nSPS) is 17.3. The molecule has 1 amide bonds. The molecule has 1 aliphatic heterocycles. The van der Waals surface area contributed by atoms with E-state index in [2.05, 4.69) is 23.7 Å². The second-order valence-electron chi connectivity index (χ2n) is 6.45. The van der Waals surface area contributed by atoms with Gasteiger partial charge in [0.05, 0.1) is 15.7 Å². The number of likely N-dealkylation sites (tertiary alicyclic amines) is 1. The van der Waals surface area contributed by atoms with Crippen LogP contribution >= 0.6 is 34.5 Å².